The predicted molar refractivity (Wildman–Crippen MR) is 78.3 cm³/mol. The van der Waals surface area contributed by atoms with Crippen LogP contribution in [0.2, 0.25) is 0 Å². The van der Waals surface area contributed by atoms with Crippen molar-refractivity contribution < 1.29 is 19.4 Å². The number of fused-ring (bicyclic) bond motifs is 1. The Kier molecular flexibility index (Phi) is 4.16. The number of methoxy groups -OCH3 is 2. The van der Waals surface area contributed by atoms with E-state index >= 15 is 0 Å². The van der Waals surface area contributed by atoms with Crippen LogP contribution in [0, 0.1) is 0 Å². The topological polar surface area (TPSA) is 77.8 Å². The Hall–Kier alpha value is -2.50. The highest BCUT2D eigenvalue weighted by atomic mass is 16.5. The molecule has 1 aromatic heterocycles. The summed E-state index contributed by atoms with van der Waals surface area (Å²) in [7, 11) is 3.00. The van der Waals surface area contributed by atoms with Crippen molar-refractivity contribution in [1.82, 2.24) is 4.57 Å². The van der Waals surface area contributed by atoms with Gasteiger partial charge in [-0.05, 0) is 30.0 Å². The smallest absolute Gasteiger partial charge is 0.326 e. The Labute approximate surface area is 121 Å². The fourth-order valence-electron chi connectivity index (χ4n) is 2.32. The third-order valence-corrected chi connectivity index (χ3v) is 3.44. The van der Waals surface area contributed by atoms with Crippen LogP contribution in [-0.4, -0.2) is 29.9 Å². The van der Waals surface area contributed by atoms with Crippen LogP contribution < -0.4 is 15.0 Å². The lowest BCUT2D eigenvalue weighted by molar-refractivity contribution is -0.141. The summed E-state index contributed by atoms with van der Waals surface area (Å²) in [4.78, 5) is 23.7. The number of ether oxygens (including phenoxy) is 2. The maximum atomic E-state index is 12.5. The molecule has 0 spiro atoms. The third-order valence-electron chi connectivity index (χ3n) is 3.44. The highest BCUT2D eigenvalue weighted by Crippen LogP contribution is 2.30. The second kappa shape index (κ2) is 5.87. The quantitative estimate of drug-likeness (QED) is 0.912. The highest BCUT2D eigenvalue weighted by molar-refractivity contribution is 5.85. The SMILES string of the molecule is CCC(C(=O)O)n1ccc2cc(OC)c(OC)cc2c1=O. The summed E-state index contributed by atoms with van der Waals surface area (Å²) < 4.78 is 11.6. The summed E-state index contributed by atoms with van der Waals surface area (Å²) in [5.74, 6) is -0.0740. The van der Waals surface area contributed by atoms with Crippen LogP contribution >= 0.6 is 0 Å². The molecule has 1 N–H and O–H groups in total. The molecule has 0 bridgehead atoms. The van der Waals surface area contributed by atoms with Crippen LogP contribution in [0.3, 0.4) is 0 Å². The number of nitrogens with zero attached hydrogens (tertiary/aromatic N) is 1. The lowest BCUT2D eigenvalue weighted by atomic mass is 10.1. The second-order valence-corrected chi connectivity index (χ2v) is 4.58. The van der Waals surface area contributed by atoms with Gasteiger partial charge in [-0.3, -0.25) is 4.79 Å². The van der Waals surface area contributed by atoms with Crippen molar-refractivity contribution in [2.75, 3.05) is 14.2 Å². The molecule has 1 heterocycles. The molecule has 0 aliphatic heterocycles. The highest BCUT2D eigenvalue weighted by Gasteiger charge is 2.19. The Bertz CT molecular complexity index is 735. The van der Waals surface area contributed by atoms with Crippen molar-refractivity contribution in [3.8, 4) is 11.5 Å². The van der Waals surface area contributed by atoms with Crippen LogP contribution in [0.1, 0.15) is 19.4 Å². The zero-order chi connectivity index (χ0) is 15.6. The van der Waals surface area contributed by atoms with Gasteiger partial charge in [0.1, 0.15) is 6.04 Å². The molecule has 2 rings (SSSR count). The molecule has 0 radical (unpaired) electrons. The molecule has 0 aliphatic rings. The fraction of sp³-hybridized carbons (Fsp3) is 0.333. The summed E-state index contributed by atoms with van der Waals surface area (Å²) in [6.45, 7) is 1.73. The van der Waals surface area contributed by atoms with Crippen LogP contribution in [0.5, 0.6) is 11.5 Å². The van der Waals surface area contributed by atoms with Gasteiger partial charge in [-0.2, -0.15) is 0 Å². The van der Waals surface area contributed by atoms with Crippen LogP contribution in [-0.2, 0) is 4.79 Å². The Morgan fingerprint density at radius 3 is 2.43 bits per heavy atom. The summed E-state index contributed by atoms with van der Waals surface area (Å²) in [6, 6.07) is 4.09. The van der Waals surface area contributed by atoms with Crippen LogP contribution in [0.15, 0.2) is 29.2 Å². The molecule has 0 fully saturated rings. The van der Waals surface area contributed by atoms with Gasteiger partial charge in [0.05, 0.1) is 19.6 Å². The molecule has 21 heavy (non-hydrogen) atoms. The number of carboxylic acids is 1. The molecular formula is C15H17NO5. The zero-order valence-electron chi connectivity index (χ0n) is 12.1. The van der Waals surface area contributed by atoms with E-state index in [4.69, 9.17) is 9.47 Å². The van der Waals surface area contributed by atoms with Crippen LogP contribution in [0.25, 0.3) is 10.8 Å². The number of pyridine rings is 1. The van der Waals surface area contributed by atoms with Gasteiger partial charge in [0.15, 0.2) is 11.5 Å². The van der Waals surface area contributed by atoms with Gasteiger partial charge in [-0.15, -0.1) is 0 Å². The van der Waals surface area contributed by atoms with Gasteiger partial charge in [0.25, 0.3) is 5.56 Å². The molecule has 6 heteroatoms. The largest absolute Gasteiger partial charge is 0.493 e. The molecule has 0 saturated heterocycles. The van der Waals surface area contributed by atoms with Crippen molar-refractivity contribution in [3.63, 3.8) is 0 Å². The average molecular weight is 291 g/mol. The van der Waals surface area contributed by atoms with E-state index in [9.17, 15) is 14.7 Å². The molecule has 1 unspecified atom stereocenters. The van der Waals surface area contributed by atoms with Crippen molar-refractivity contribution in [2.45, 2.75) is 19.4 Å². The summed E-state index contributed by atoms with van der Waals surface area (Å²) >= 11 is 0. The van der Waals surface area contributed by atoms with E-state index in [2.05, 4.69) is 0 Å². The van der Waals surface area contributed by atoms with E-state index in [1.165, 1.54) is 25.0 Å². The molecule has 112 valence electrons. The molecule has 0 saturated carbocycles. The number of carbonyl (C=O) groups is 1. The van der Waals surface area contributed by atoms with E-state index < -0.39 is 12.0 Å². The minimum absolute atomic E-state index is 0.327. The van der Waals surface area contributed by atoms with E-state index in [0.717, 1.165) is 0 Å². The molecular weight excluding hydrogens is 274 g/mol. The maximum absolute atomic E-state index is 12.5. The van der Waals surface area contributed by atoms with Crippen molar-refractivity contribution in [1.29, 1.82) is 0 Å². The Morgan fingerprint density at radius 2 is 1.90 bits per heavy atom. The average Bonchev–Trinajstić information content (AvgIpc) is 2.48. The summed E-state index contributed by atoms with van der Waals surface area (Å²) in [5.41, 5.74) is -0.359. The molecule has 0 amide bonds. The van der Waals surface area contributed by atoms with Gasteiger partial charge in [-0.25, -0.2) is 4.79 Å². The first-order chi connectivity index (χ1) is 10.0. The second-order valence-electron chi connectivity index (χ2n) is 4.58. The molecule has 1 aromatic carbocycles. The van der Waals surface area contributed by atoms with E-state index in [1.54, 1.807) is 25.1 Å². The summed E-state index contributed by atoms with van der Waals surface area (Å²) in [5, 5.41) is 10.3. The van der Waals surface area contributed by atoms with Crippen molar-refractivity contribution >= 4 is 16.7 Å². The van der Waals surface area contributed by atoms with E-state index in [1.807, 2.05) is 0 Å². The van der Waals surface area contributed by atoms with Gasteiger partial charge in [0, 0.05) is 6.20 Å². The van der Waals surface area contributed by atoms with Gasteiger partial charge in [0.2, 0.25) is 0 Å². The minimum atomic E-state index is -1.03. The number of hydrogen-bond donors (Lipinski definition) is 1. The number of hydrogen-bond acceptors (Lipinski definition) is 4. The van der Waals surface area contributed by atoms with Gasteiger partial charge in [-0.1, -0.05) is 6.92 Å². The number of carboxylic acid groups (broad SMARTS) is 1. The lowest BCUT2D eigenvalue weighted by Gasteiger charge is -2.15. The van der Waals surface area contributed by atoms with Gasteiger partial charge >= 0.3 is 5.97 Å². The van der Waals surface area contributed by atoms with Gasteiger partial charge < -0.3 is 19.1 Å². The maximum Gasteiger partial charge on any atom is 0.326 e. The zero-order valence-corrected chi connectivity index (χ0v) is 12.1. The third kappa shape index (κ3) is 2.56. The van der Waals surface area contributed by atoms with E-state index in [-0.39, 0.29) is 5.56 Å². The van der Waals surface area contributed by atoms with Crippen molar-refractivity contribution in [3.05, 3.63) is 34.7 Å². The lowest BCUT2D eigenvalue weighted by Crippen LogP contribution is -2.29. The molecule has 6 nitrogen and oxygen atoms in total. The molecule has 2 aromatic rings. The number of aliphatic carboxylic acids is 1. The van der Waals surface area contributed by atoms with Crippen molar-refractivity contribution in [2.24, 2.45) is 0 Å². The molecule has 0 aliphatic carbocycles. The first kappa shape index (κ1) is 14.9. The van der Waals surface area contributed by atoms with Crippen LogP contribution in [0.4, 0.5) is 0 Å². The monoisotopic (exact) mass is 291 g/mol. The minimum Gasteiger partial charge on any atom is -0.493 e. The summed E-state index contributed by atoms with van der Waals surface area (Å²) in [6.07, 6.45) is 1.83. The number of rotatable bonds is 5. The first-order valence-corrected chi connectivity index (χ1v) is 6.53. The molecule has 1 atom stereocenters. The number of benzene rings is 1. The van der Waals surface area contributed by atoms with E-state index in [0.29, 0.717) is 28.7 Å². The Morgan fingerprint density at radius 1 is 1.29 bits per heavy atom. The first-order valence-electron chi connectivity index (χ1n) is 6.53. The normalized spacial score (nSPS) is 12.1. The Balaban J connectivity index is 2.72. The number of aromatic nitrogens is 1. The fourth-order valence-corrected chi connectivity index (χ4v) is 2.32. The predicted octanol–water partition coefficient (Wildman–Crippen LogP) is 2.05. The standard InChI is InChI=1S/C15H17NO5/c1-4-11(15(18)19)16-6-5-9-7-12(20-2)13(21-3)8-10(9)14(16)17/h5-8,11H,4H2,1-3H3,(H,18,19).